The molecule has 2 aromatic carbocycles. The molecule has 0 aliphatic carbocycles. The molecular formula is C22H28O5. The van der Waals surface area contributed by atoms with Crippen molar-refractivity contribution in [3.05, 3.63) is 46.5 Å². The number of rotatable bonds is 9. The van der Waals surface area contributed by atoms with E-state index in [1.165, 1.54) is 0 Å². The van der Waals surface area contributed by atoms with Crippen molar-refractivity contribution in [1.29, 1.82) is 0 Å². The van der Waals surface area contributed by atoms with Crippen LogP contribution in [-0.4, -0.2) is 33.7 Å². The summed E-state index contributed by atoms with van der Waals surface area (Å²) in [6, 6.07) is 7.34. The molecule has 0 radical (unpaired) electrons. The minimum Gasteiger partial charge on any atom is -0.496 e. The Kier molecular flexibility index (Phi) is 7.11. The van der Waals surface area contributed by atoms with Gasteiger partial charge in [0.05, 0.1) is 39.1 Å². The van der Waals surface area contributed by atoms with E-state index in [2.05, 4.69) is 6.92 Å². The van der Waals surface area contributed by atoms with E-state index in [-0.39, 0.29) is 5.78 Å². The quantitative estimate of drug-likeness (QED) is 0.470. The highest BCUT2D eigenvalue weighted by atomic mass is 16.5. The van der Waals surface area contributed by atoms with E-state index < -0.39 is 0 Å². The monoisotopic (exact) mass is 372 g/mol. The highest BCUT2D eigenvalue weighted by Crippen LogP contribution is 2.43. The highest BCUT2D eigenvalue weighted by molar-refractivity contribution is 6.14. The predicted molar refractivity (Wildman–Crippen MR) is 106 cm³/mol. The van der Waals surface area contributed by atoms with Crippen LogP contribution in [0.25, 0.3) is 0 Å². The zero-order valence-corrected chi connectivity index (χ0v) is 17.0. The van der Waals surface area contributed by atoms with Gasteiger partial charge in [-0.25, -0.2) is 0 Å². The van der Waals surface area contributed by atoms with Crippen molar-refractivity contribution in [2.45, 2.75) is 33.6 Å². The number of unbranched alkanes of at least 4 members (excludes halogenated alkanes) is 1. The third-order valence-corrected chi connectivity index (χ3v) is 4.48. The summed E-state index contributed by atoms with van der Waals surface area (Å²) in [5.74, 6) is 1.76. The van der Waals surface area contributed by atoms with Crippen LogP contribution >= 0.6 is 0 Å². The first-order valence-corrected chi connectivity index (χ1v) is 9.06. The number of hydrogen-bond acceptors (Lipinski definition) is 5. The summed E-state index contributed by atoms with van der Waals surface area (Å²) in [4.78, 5) is 13.5. The standard InChI is InChI=1S/C22H28O5/c1-7-8-12-27-22-19(15(3)13-17(25-5)21(22)26-6)20(23)18-14(2)10-9-11-16(18)24-4/h9-11,13H,7-8,12H2,1-6H3. The van der Waals surface area contributed by atoms with Gasteiger partial charge in [-0.15, -0.1) is 0 Å². The summed E-state index contributed by atoms with van der Waals surface area (Å²) in [5.41, 5.74) is 2.59. The summed E-state index contributed by atoms with van der Waals surface area (Å²) in [6.45, 7) is 6.34. The third kappa shape index (κ3) is 4.18. The number of carbonyl (C=O) groups excluding carboxylic acids is 1. The Hall–Kier alpha value is -2.69. The Bertz CT molecular complexity index is 811. The highest BCUT2D eigenvalue weighted by Gasteiger charge is 2.27. The molecule has 0 spiro atoms. The number of hydrogen-bond donors (Lipinski definition) is 0. The van der Waals surface area contributed by atoms with Gasteiger partial charge in [0.25, 0.3) is 0 Å². The van der Waals surface area contributed by atoms with Gasteiger partial charge in [-0.05, 0) is 43.5 Å². The van der Waals surface area contributed by atoms with Gasteiger partial charge < -0.3 is 18.9 Å². The molecule has 146 valence electrons. The van der Waals surface area contributed by atoms with E-state index in [0.717, 1.165) is 24.0 Å². The van der Waals surface area contributed by atoms with E-state index >= 15 is 0 Å². The lowest BCUT2D eigenvalue weighted by molar-refractivity contribution is 0.103. The van der Waals surface area contributed by atoms with Gasteiger partial charge in [0.2, 0.25) is 11.5 Å². The number of ether oxygens (including phenoxy) is 4. The Morgan fingerprint density at radius 1 is 0.889 bits per heavy atom. The maximum absolute atomic E-state index is 13.5. The fourth-order valence-electron chi connectivity index (χ4n) is 3.05. The first-order valence-electron chi connectivity index (χ1n) is 9.06. The molecule has 5 nitrogen and oxygen atoms in total. The third-order valence-electron chi connectivity index (χ3n) is 4.48. The van der Waals surface area contributed by atoms with Gasteiger partial charge in [0.15, 0.2) is 11.5 Å². The van der Waals surface area contributed by atoms with E-state index in [4.69, 9.17) is 18.9 Å². The molecule has 0 amide bonds. The number of carbonyl (C=O) groups is 1. The van der Waals surface area contributed by atoms with E-state index in [0.29, 0.717) is 40.7 Å². The van der Waals surface area contributed by atoms with Crippen LogP contribution in [0.3, 0.4) is 0 Å². The van der Waals surface area contributed by atoms with Gasteiger partial charge in [-0.3, -0.25) is 4.79 Å². The maximum atomic E-state index is 13.5. The molecule has 0 N–H and O–H groups in total. The van der Waals surface area contributed by atoms with Gasteiger partial charge in [-0.1, -0.05) is 25.5 Å². The Labute approximate surface area is 161 Å². The molecule has 0 unspecified atom stereocenters. The van der Waals surface area contributed by atoms with Crippen LogP contribution in [0.2, 0.25) is 0 Å². The number of benzene rings is 2. The summed E-state index contributed by atoms with van der Waals surface area (Å²) in [5, 5.41) is 0. The van der Waals surface area contributed by atoms with Crippen LogP contribution in [0.4, 0.5) is 0 Å². The lowest BCUT2D eigenvalue weighted by Gasteiger charge is -2.20. The second-order valence-electron chi connectivity index (χ2n) is 6.32. The topological polar surface area (TPSA) is 54.0 Å². The number of aryl methyl sites for hydroxylation is 2. The van der Waals surface area contributed by atoms with Crippen molar-refractivity contribution in [3.63, 3.8) is 0 Å². The van der Waals surface area contributed by atoms with Crippen molar-refractivity contribution >= 4 is 5.78 Å². The molecule has 0 atom stereocenters. The Morgan fingerprint density at radius 2 is 1.59 bits per heavy atom. The molecule has 0 fully saturated rings. The second-order valence-corrected chi connectivity index (χ2v) is 6.32. The van der Waals surface area contributed by atoms with Crippen molar-refractivity contribution in [2.24, 2.45) is 0 Å². The minimum atomic E-state index is -0.157. The molecule has 2 rings (SSSR count). The molecular weight excluding hydrogens is 344 g/mol. The normalized spacial score (nSPS) is 10.4. The molecule has 0 aliphatic heterocycles. The Balaban J connectivity index is 2.69. The van der Waals surface area contributed by atoms with Crippen LogP contribution in [0.1, 0.15) is 46.8 Å². The molecule has 0 saturated carbocycles. The largest absolute Gasteiger partial charge is 0.496 e. The molecule has 27 heavy (non-hydrogen) atoms. The maximum Gasteiger partial charge on any atom is 0.204 e. The van der Waals surface area contributed by atoms with Crippen molar-refractivity contribution in [1.82, 2.24) is 0 Å². The van der Waals surface area contributed by atoms with Gasteiger partial charge in [-0.2, -0.15) is 0 Å². The first-order chi connectivity index (χ1) is 13.0. The SMILES string of the molecule is CCCCOc1c(OC)c(OC)cc(C)c1C(=O)c1c(C)cccc1OC. The van der Waals surface area contributed by atoms with Crippen LogP contribution in [-0.2, 0) is 0 Å². The van der Waals surface area contributed by atoms with Crippen molar-refractivity contribution in [2.75, 3.05) is 27.9 Å². The van der Waals surface area contributed by atoms with Crippen LogP contribution < -0.4 is 18.9 Å². The van der Waals surface area contributed by atoms with Gasteiger partial charge in [0.1, 0.15) is 5.75 Å². The summed E-state index contributed by atoms with van der Waals surface area (Å²) < 4.78 is 22.4. The lowest BCUT2D eigenvalue weighted by atomic mass is 9.93. The first kappa shape index (κ1) is 20.6. The van der Waals surface area contributed by atoms with Crippen LogP contribution in [0.15, 0.2) is 24.3 Å². The smallest absolute Gasteiger partial charge is 0.204 e. The van der Waals surface area contributed by atoms with Gasteiger partial charge >= 0.3 is 0 Å². The molecule has 0 heterocycles. The van der Waals surface area contributed by atoms with Crippen LogP contribution in [0, 0.1) is 13.8 Å². The fraction of sp³-hybridized carbons (Fsp3) is 0.409. The summed E-state index contributed by atoms with van der Waals surface area (Å²) in [7, 11) is 4.67. The molecule has 0 aliphatic rings. The van der Waals surface area contributed by atoms with E-state index in [1.807, 2.05) is 26.0 Å². The molecule has 0 bridgehead atoms. The zero-order valence-electron chi connectivity index (χ0n) is 17.0. The minimum absolute atomic E-state index is 0.157. The van der Waals surface area contributed by atoms with Crippen LogP contribution in [0.5, 0.6) is 23.0 Å². The van der Waals surface area contributed by atoms with E-state index in [1.54, 1.807) is 33.5 Å². The van der Waals surface area contributed by atoms with Gasteiger partial charge in [0, 0.05) is 0 Å². The second kappa shape index (κ2) is 9.31. The van der Waals surface area contributed by atoms with E-state index in [9.17, 15) is 4.79 Å². The average Bonchev–Trinajstić information content (AvgIpc) is 2.66. The lowest BCUT2D eigenvalue weighted by Crippen LogP contribution is -2.13. The predicted octanol–water partition coefficient (Wildman–Crippen LogP) is 4.74. The van der Waals surface area contributed by atoms with Crippen molar-refractivity contribution < 1.29 is 23.7 Å². The average molecular weight is 372 g/mol. The molecule has 5 heteroatoms. The zero-order chi connectivity index (χ0) is 20.0. The number of ketones is 1. The van der Waals surface area contributed by atoms with Crippen molar-refractivity contribution in [3.8, 4) is 23.0 Å². The summed E-state index contributed by atoms with van der Waals surface area (Å²) in [6.07, 6.45) is 1.86. The number of methoxy groups -OCH3 is 3. The summed E-state index contributed by atoms with van der Waals surface area (Å²) >= 11 is 0. The molecule has 2 aromatic rings. The molecule has 0 aromatic heterocycles. The Morgan fingerprint density at radius 3 is 2.19 bits per heavy atom. The fourth-order valence-corrected chi connectivity index (χ4v) is 3.05. The molecule has 0 saturated heterocycles.